The molecule has 1 spiro atoms. The Labute approximate surface area is 112 Å². The van der Waals surface area contributed by atoms with Gasteiger partial charge in [-0.25, -0.2) is 4.39 Å². The molecular formula is C16H17FN2. The number of hydrogen-bond acceptors (Lipinski definition) is 2. The summed E-state index contributed by atoms with van der Waals surface area (Å²) in [5.41, 5.74) is 2.57. The van der Waals surface area contributed by atoms with Crippen LogP contribution in [0.3, 0.4) is 0 Å². The Hall–Kier alpha value is -1.64. The maximum atomic E-state index is 13.3. The van der Waals surface area contributed by atoms with Crippen LogP contribution in [0.15, 0.2) is 30.5 Å². The highest BCUT2D eigenvalue weighted by Crippen LogP contribution is 2.52. The number of nitrogens with zero attached hydrogens (tertiary/aromatic N) is 2. The van der Waals surface area contributed by atoms with Gasteiger partial charge in [0.1, 0.15) is 5.82 Å². The Morgan fingerprint density at radius 1 is 1.16 bits per heavy atom. The van der Waals surface area contributed by atoms with Gasteiger partial charge in [-0.2, -0.15) is 0 Å². The van der Waals surface area contributed by atoms with Crippen LogP contribution in [0.5, 0.6) is 0 Å². The molecule has 1 aromatic heterocycles. The number of hydrogen-bond donors (Lipinski definition) is 0. The first-order valence-electron chi connectivity index (χ1n) is 7.05. The maximum absolute atomic E-state index is 13.3. The number of anilines is 1. The minimum Gasteiger partial charge on any atom is -0.370 e. The monoisotopic (exact) mass is 256 g/mol. The van der Waals surface area contributed by atoms with Crippen LogP contribution in [0, 0.1) is 11.2 Å². The van der Waals surface area contributed by atoms with Gasteiger partial charge in [0.25, 0.3) is 0 Å². The lowest BCUT2D eigenvalue weighted by atomic mass is 9.94. The second-order valence-corrected chi connectivity index (χ2v) is 6.02. The van der Waals surface area contributed by atoms with Crippen LogP contribution in [0.1, 0.15) is 25.7 Å². The van der Waals surface area contributed by atoms with E-state index < -0.39 is 0 Å². The number of benzene rings is 1. The molecule has 1 saturated heterocycles. The van der Waals surface area contributed by atoms with Crippen molar-refractivity contribution in [2.24, 2.45) is 5.41 Å². The summed E-state index contributed by atoms with van der Waals surface area (Å²) in [4.78, 5) is 6.75. The molecule has 0 atom stereocenters. The standard InChI is InChI=1S/C16H17FN2/c17-12-2-3-13-14(10-12)18-8-4-15(13)19-9-1-5-16(11-19)6-7-16/h2-4,8,10H,1,5-7,9,11H2. The summed E-state index contributed by atoms with van der Waals surface area (Å²) in [5, 5.41) is 1.07. The molecule has 2 nitrogen and oxygen atoms in total. The third kappa shape index (κ3) is 1.88. The van der Waals surface area contributed by atoms with Gasteiger partial charge in [-0.1, -0.05) is 0 Å². The Bertz CT molecular complexity index is 634. The maximum Gasteiger partial charge on any atom is 0.125 e. The van der Waals surface area contributed by atoms with Crippen molar-refractivity contribution >= 4 is 16.6 Å². The lowest BCUT2D eigenvalue weighted by Gasteiger charge is -2.35. The molecule has 19 heavy (non-hydrogen) atoms. The van der Waals surface area contributed by atoms with Gasteiger partial charge in [0, 0.05) is 36.4 Å². The van der Waals surface area contributed by atoms with E-state index in [-0.39, 0.29) is 5.82 Å². The van der Waals surface area contributed by atoms with Gasteiger partial charge in [0.2, 0.25) is 0 Å². The van der Waals surface area contributed by atoms with Crippen LogP contribution in [-0.2, 0) is 0 Å². The van der Waals surface area contributed by atoms with E-state index in [0.29, 0.717) is 5.41 Å². The SMILES string of the molecule is Fc1ccc2c(N3CCCC4(CC4)C3)ccnc2c1. The van der Waals surface area contributed by atoms with Gasteiger partial charge >= 0.3 is 0 Å². The molecule has 0 unspecified atom stereocenters. The Morgan fingerprint density at radius 3 is 2.89 bits per heavy atom. The molecule has 2 aliphatic rings. The molecule has 1 aromatic carbocycles. The van der Waals surface area contributed by atoms with E-state index >= 15 is 0 Å². The Kier molecular flexibility index (Phi) is 2.32. The van der Waals surface area contributed by atoms with E-state index in [0.717, 1.165) is 24.0 Å². The number of aromatic nitrogens is 1. The highest BCUT2D eigenvalue weighted by Gasteiger charge is 2.45. The largest absolute Gasteiger partial charge is 0.370 e. The van der Waals surface area contributed by atoms with E-state index in [9.17, 15) is 4.39 Å². The van der Waals surface area contributed by atoms with Gasteiger partial charge in [-0.3, -0.25) is 4.98 Å². The van der Waals surface area contributed by atoms with Crippen LogP contribution >= 0.6 is 0 Å². The third-order valence-corrected chi connectivity index (χ3v) is 4.64. The van der Waals surface area contributed by atoms with Crippen molar-refractivity contribution in [2.45, 2.75) is 25.7 Å². The third-order valence-electron chi connectivity index (χ3n) is 4.64. The van der Waals surface area contributed by atoms with Crippen LogP contribution in [0.4, 0.5) is 10.1 Å². The summed E-state index contributed by atoms with van der Waals surface area (Å²) in [5.74, 6) is -0.213. The Balaban J connectivity index is 1.77. The highest BCUT2D eigenvalue weighted by molar-refractivity contribution is 5.91. The average Bonchev–Trinajstić information content (AvgIpc) is 3.16. The molecule has 0 radical (unpaired) electrons. The molecule has 98 valence electrons. The van der Waals surface area contributed by atoms with Crippen molar-refractivity contribution in [3.8, 4) is 0 Å². The number of pyridine rings is 1. The van der Waals surface area contributed by atoms with Crippen LogP contribution < -0.4 is 4.90 Å². The van der Waals surface area contributed by atoms with E-state index in [4.69, 9.17) is 0 Å². The molecule has 2 fully saturated rings. The first-order valence-corrected chi connectivity index (χ1v) is 7.05. The summed E-state index contributed by atoms with van der Waals surface area (Å²) in [6.45, 7) is 2.27. The van der Waals surface area contributed by atoms with Gasteiger partial charge < -0.3 is 4.90 Å². The highest BCUT2D eigenvalue weighted by atomic mass is 19.1. The number of piperidine rings is 1. The fraction of sp³-hybridized carbons (Fsp3) is 0.438. The minimum absolute atomic E-state index is 0.213. The number of rotatable bonds is 1. The van der Waals surface area contributed by atoms with Gasteiger partial charge in [-0.15, -0.1) is 0 Å². The molecule has 2 heterocycles. The quantitative estimate of drug-likeness (QED) is 0.772. The zero-order valence-corrected chi connectivity index (χ0v) is 10.9. The van der Waals surface area contributed by atoms with Crippen LogP contribution in [0.2, 0.25) is 0 Å². The second-order valence-electron chi connectivity index (χ2n) is 6.02. The smallest absolute Gasteiger partial charge is 0.125 e. The normalized spacial score (nSPS) is 21.0. The van der Waals surface area contributed by atoms with Crippen molar-refractivity contribution < 1.29 is 4.39 Å². The van der Waals surface area contributed by atoms with Crippen LogP contribution in [0.25, 0.3) is 10.9 Å². The van der Waals surface area contributed by atoms with Gasteiger partial charge in [0.15, 0.2) is 0 Å². The summed E-state index contributed by atoms with van der Waals surface area (Å²) in [7, 11) is 0. The predicted molar refractivity (Wildman–Crippen MR) is 74.8 cm³/mol. The summed E-state index contributed by atoms with van der Waals surface area (Å²) in [6, 6.07) is 6.99. The molecule has 1 aliphatic heterocycles. The van der Waals surface area contributed by atoms with Crippen molar-refractivity contribution in [2.75, 3.05) is 18.0 Å². The fourth-order valence-corrected chi connectivity index (χ4v) is 3.38. The fourth-order valence-electron chi connectivity index (χ4n) is 3.38. The van der Waals surface area contributed by atoms with E-state index in [1.807, 2.05) is 6.07 Å². The lowest BCUT2D eigenvalue weighted by molar-refractivity contribution is 0.396. The molecular weight excluding hydrogens is 239 g/mol. The van der Waals surface area contributed by atoms with Crippen LogP contribution in [-0.4, -0.2) is 18.1 Å². The molecule has 1 saturated carbocycles. The molecule has 2 aromatic rings. The molecule has 0 bridgehead atoms. The molecule has 4 rings (SSSR count). The first-order chi connectivity index (χ1) is 9.26. The predicted octanol–water partition coefficient (Wildman–Crippen LogP) is 3.75. The average molecular weight is 256 g/mol. The lowest BCUT2D eigenvalue weighted by Crippen LogP contribution is -2.36. The van der Waals surface area contributed by atoms with Crippen molar-refractivity contribution in [3.63, 3.8) is 0 Å². The number of fused-ring (bicyclic) bond motifs is 1. The Morgan fingerprint density at radius 2 is 2.05 bits per heavy atom. The van der Waals surface area contributed by atoms with E-state index in [1.165, 1.54) is 43.5 Å². The van der Waals surface area contributed by atoms with E-state index in [1.54, 1.807) is 6.20 Å². The number of halogens is 1. The van der Waals surface area contributed by atoms with Crippen molar-refractivity contribution in [1.29, 1.82) is 0 Å². The molecule has 0 amide bonds. The van der Waals surface area contributed by atoms with Gasteiger partial charge in [0.05, 0.1) is 5.52 Å². The summed E-state index contributed by atoms with van der Waals surface area (Å²) in [6.07, 6.45) is 7.19. The zero-order valence-electron chi connectivity index (χ0n) is 10.9. The van der Waals surface area contributed by atoms with Gasteiger partial charge in [-0.05, 0) is 49.3 Å². The minimum atomic E-state index is -0.213. The first kappa shape index (κ1) is 11.2. The summed E-state index contributed by atoms with van der Waals surface area (Å²) < 4.78 is 13.3. The van der Waals surface area contributed by atoms with Crippen molar-refractivity contribution in [3.05, 3.63) is 36.3 Å². The topological polar surface area (TPSA) is 16.1 Å². The van der Waals surface area contributed by atoms with E-state index in [2.05, 4.69) is 16.0 Å². The summed E-state index contributed by atoms with van der Waals surface area (Å²) >= 11 is 0. The molecule has 1 aliphatic carbocycles. The van der Waals surface area contributed by atoms with Crippen molar-refractivity contribution in [1.82, 2.24) is 4.98 Å². The zero-order chi connectivity index (χ0) is 12.9. The second kappa shape index (κ2) is 3.92. The molecule has 0 N–H and O–H groups in total. The molecule has 3 heteroatoms.